The molecule has 0 bridgehead atoms. The third kappa shape index (κ3) is 3.73. The Labute approximate surface area is 342 Å². The molecule has 3 aliphatic carbocycles. The van der Waals surface area contributed by atoms with Crippen LogP contribution in [0, 0.1) is 0 Å². The van der Waals surface area contributed by atoms with Gasteiger partial charge in [0, 0.05) is 16.5 Å². The first-order chi connectivity index (χ1) is 29.3. The van der Waals surface area contributed by atoms with Gasteiger partial charge in [-0.25, -0.2) is 0 Å². The number of hydrogen-bond acceptors (Lipinski definition) is 1. The van der Waals surface area contributed by atoms with Crippen molar-refractivity contribution in [2.24, 2.45) is 0 Å². The van der Waals surface area contributed by atoms with E-state index in [1.54, 1.807) is 0 Å². The minimum atomic E-state index is -0.563. The molecule has 0 aromatic heterocycles. The first kappa shape index (κ1) is 31.6. The van der Waals surface area contributed by atoms with Crippen LogP contribution in [0.4, 0.5) is 0 Å². The number of ether oxygens (including phenoxy) is 1. The van der Waals surface area contributed by atoms with E-state index >= 15 is 0 Å². The van der Waals surface area contributed by atoms with E-state index in [-0.39, 0.29) is 0 Å². The Balaban J connectivity index is 1.06. The Morgan fingerprint density at radius 2 is 0.746 bits per heavy atom. The fraction of sp³-hybridized carbons (Fsp3) is 0.0345. The van der Waals surface area contributed by atoms with Gasteiger partial charge in [0.2, 0.25) is 0 Å². The molecular formula is C58H34O. The van der Waals surface area contributed by atoms with Gasteiger partial charge in [-0.15, -0.1) is 0 Å². The third-order valence-corrected chi connectivity index (χ3v) is 14.1. The van der Waals surface area contributed by atoms with Crippen molar-refractivity contribution < 1.29 is 4.74 Å². The Kier molecular flexibility index (Phi) is 5.96. The second kappa shape index (κ2) is 11.1. The van der Waals surface area contributed by atoms with Gasteiger partial charge in [0.05, 0.1) is 10.8 Å². The lowest BCUT2D eigenvalue weighted by atomic mass is 9.65. The fourth-order valence-corrected chi connectivity index (χ4v) is 11.9. The van der Waals surface area contributed by atoms with Crippen molar-refractivity contribution in [3.05, 3.63) is 251 Å². The average Bonchev–Trinajstić information content (AvgIpc) is 3.89. The van der Waals surface area contributed by atoms with Crippen molar-refractivity contribution in [1.29, 1.82) is 0 Å². The van der Waals surface area contributed by atoms with Crippen LogP contribution >= 0.6 is 0 Å². The molecule has 0 radical (unpaired) electrons. The molecule has 0 atom stereocenters. The van der Waals surface area contributed by atoms with Crippen molar-refractivity contribution in [1.82, 2.24) is 0 Å². The zero-order chi connectivity index (χ0) is 38.5. The van der Waals surface area contributed by atoms with Crippen LogP contribution in [0.25, 0.3) is 66.1 Å². The molecule has 0 amide bonds. The van der Waals surface area contributed by atoms with E-state index in [1.165, 1.54) is 105 Å². The normalized spacial score (nSPS) is 14.8. The standard InChI is InChI=1S/C58H34O/c1-3-15-39-35(13-1)25-30-46-45-29-26-37(33-52(45)58(55(39)46)49-23-11-7-19-43(49)44-20-8-12-24-50(44)58)38-28-32-54-53(34-38)57(51-31-27-36-14-2-4-16-40(36)56(51)59-54)47-21-9-5-17-41(47)42-18-6-10-22-48(42)57/h1-34H. The first-order valence-electron chi connectivity index (χ1n) is 20.7. The monoisotopic (exact) mass is 746 g/mol. The smallest absolute Gasteiger partial charge is 0.140 e. The molecule has 4 aliphatic rings. The van der Waals surface area contributed by atoms with Crippen LogP contribution < -0.4 is 4.74 Å². The summed E-state index contributed by atoms with van der Waals surface area (Å²) in [4.78, 5) is 0. The molecule has 1 nitrogen and oxygen atoms in total. The minimum absolute atomic E-state index is 0.462. The highest BCUT2D eigenvalue weighted by molar-refractivity contribution is 6.04. The lowest BCUT2D eigenvalue weighted by Gasteiger charge is -2.40. The van der Waals surface area contributed by atoms with Crippen LogP contribution in [-0.2, 0) is 10.8 Å². The van der Waals surface area contributed by atoms with Gasteiger partial charge in [0.15, 0.2) is 0 Å². The van der Waals surface area contributed by atoms with Gasteiger partial charge in [-0.1, -0.05) is 188 Å². The van der Waals surface area contributed by atoms with Gasteiger partial charge in [-0.3, -0.25) is 0 Å². The molecule has 59 heavy (non-hydrogen) atoms. The SMILES string of the molecule is c1ccc2c(c1)-c1ccccc1C21c2cc(-c3ccc4c(c3)C3(c5ccccc5-c5ccccc53)c3c-4ccc4ccccc34)ccc2Oc2c1ccc1ccccc21. The Bertz CT molecular complexity index is 3400. The Morgan fingerprint density at radius 1 is 0.288 bits per heavy atom. The van der Waals surface area contributed by atoms with Crippen LogP contribution in [0.3, 0.4) is 0 Å². The molecule has 14 rings (SSSR count). The lowest BCUT2D eigenvalue weighted by Crippen LogP contribution is -2.32. The zero-order valence-corrected chi connectivity index (χ0v) is 32.0. The maximum absolute atomic E-state index is 7.11. The molecule has 1 aliphatic heterocycles. The quantitative estimate of drug-likeness (QED) is 0.163. The van der Waals surface area contributed by atoms with E-state index in [1.807, 2.05) is 0 Å². The second-order valence-corrected chi connectivity index (χ2v) is 16.6. The predicted octanol–water partition coefficient (Wildman–Crippen LogP) is 14.5. The van der Waals surface area contributed by atoms with Crippen molar-refractivity contribution in [2.45, 2.75) is 10.8 Å². The maximum atomic E-state index is 7.11. The van der Waals surface area contributed by atoms with E-state index in [9.17, 15) is 0 Å². The van der Waals surface area contributed by atoms with E-state index < -0.39 is 10.8 Å². The van der Waals surface area contributed by atoms with Crippen LogP contribution in [0.2, 0.25) is 0 Å². The van der Waals surface area contributed by atoms with Crippen molar-refractivity contribution in [3.8, 4) is 56.0 Å². The summed E-state index contributed by atoms with van der Waals surface area (Å²) in [6.07, 6.45) is 0. The molecule has 1 heterocycles. The summed E-state index contributed by atoms with van der Waals surface area (Å²) in [5, 5.41) is 4.89. The van der Waals surface area contributed by atoms with E-state index in [0.29, 0.717) is 0 Å². The fourth-order valence-electron chi connectivity index (χ4n) is 11.9. The van der Waals surface area contributed by atoms with Crippen LogP contribution in [0.5, 0.6) is 11.5 Å². The number of fused-ring (bicyclic) bond motifs is 23. The number of rotatable bonds is 1. The maximum Gasteiger partial charge on any atom is 0.140 e. The lowest BCUT2D eigenvalue weighted by molar-refractivity contribution is 0.442. The number of hydrogen-bond donors (Lipinski definition) is 0. The zero-order valence-electron chi connectivity index (χ0n) is 32.0. The molecule has 0 N–H and O–H groups in total. The summed E-state index contributed by atoms with van der Waals surface area (Å²) < 4.78 is 7.11. The van der Waals surface area contributed by atoms with Crippen LogP contribution in [-0.4, -0.2) is 0 Å². The summed E-state index contributed by atoms with van der Waals surface area (Å²) in [7, 11) is 0. The molecule has 0 saturated heterocycles. The number of benzene rings is 10. The van der Waals surface area contributed by atoms with Crippen molar-refractivity contribution in [2.75, 3.05) is 0 Å². The minimum Gasteiger partial charge on any atom is -0.456 e. The Hall–Kier alpha value is -7.48. The van der Waals surface area contributed by atoms with Gasteiger partial charge < -0.3 is 4.74 Å². The predicted molar refractivity (Wildman–Crippen MR) is 241 cm³/mol. The molecule has 0 fully saturated rings. The highest BCUT2D eigenvalue weighted by Crippen LogP contribution is 2.66. The highest BCUT2D eigenvalue weighted by Gasteiger charge is 2.54. The molecule has 272 valence electrons. The molecule has 10 aromatic rings. The van der Waals surface area contributed by atoms with E-state index in [4.69, 9.17) is 4.74 Å². The topological polar surface area (TPSA) is 9.23 Å². The molecule has 2 spiro atoms. The highest BCUT2D eigenvalue weighted by atomic mass is 16.5. The largest absolute Gasteiger partial charge is 0.456 e. The van der Waals surface area contributed by atoms with Gasteiger partial charge in [0.1, 0.15) is 11.5 Å². The second-order valence-electron chi connectivity index (χ2n) is 16.6. The van der Waals surface area contributed by atoms with E-state index in [2.05, 4.69) is 206 Å². The first-order valence-corrected chi connectivity index (χ1v) is 20.7. The van der Waals surface area contributed by atoms with Crippen molar-refractivity contribution >= 4 is 21.5 Å². The van der Waals surface area contributed by atoms with Crippen LogP contribution in [0.15, 0.2) is 206 Å². The summed E-state index contributed by atoms with van der Waals surface area (Å²) in [6, 6.07) is 77.2. The molecule has 1 heteroatoms. The van der Waals surface area contributed by atoms with Gasteiger partial charge in [-0.2, -0.15) is 0 Å². The summed E-state index contributed by atoms with van der Waals surface area (Å²) in [6.45, 7) is 0. The molecule has 0 saturated carbocycles. The molecular weight excluding hydrogens is 713 g/mol. The van der Waals surface area contributed by atoms with E-state index in [0.717, 1.165) is 16.9 Å². The summed E-state index contributed by atoms with van der Waals surface area (Å²) >= 11 is 0. The third-order valence-electron chi connectivity index (χ3n) is 14.1. The van der Waals surface area contributed by atoms with Crippen LogP contribution in [0.1, 0.15) is 44.5 Å². The van der Waals surface area contributed by atoms with Gasteiger partial charge in [-0.05, 0) is 112 Å². The molecule has 10 aromatic carbocycles. The summed E-state index contributed by atoms with van der Waals surface area (Å²) in [5.74, 6) is 1.84. The van der Waals surface area contributed by atoms with Gasteiger partial charge >= 0.3 is 0 Å². The van der Waals surface area contributed by atoms with Crippen molar-refractivity contribution in [3.63, 3.8) is 0 Å². The Morgan fingerprint density at radius 3 is 1.39 bits per heavy atom. The summed E-state index contributed by atoms with van der Waals surface area (Å²) in [5.41, 5.74) is 19.6. The molecule has 0 unspecified atom stereocenters. The van der Waals surface area contributed by atoms with Gasteiger partial charge in [0.25, 0.3) is 0 Å². The average molecular weight is 747 g/mol.